The highest BCUT2D eigenvalue weighted by Gasteiger charge is 2.26. The van der Waals surface area contributed by atoms with Gasteiger partial charge in [-0.25, -0.2) is 22.6 Å². The number of likely N-dealkylation sites (N-methyl/N-ethyl adjacent to an activating group) is 1. The number of sulfone groups is 1. The molecule has 3 aromatic carbocycles. The number of furan rings is 1. The third-order valence-corrected chi connectivity index (χ3v) is 9.04. The molecular weight excluding hydrogens is 594 g/mol. The van der Waals surface area contributed by atoms with Gasteiger partial charge in [0.05, 0.1) is 44.7 Å². The Hall–Kier alpha value is -5.08. The number of nitrogens with zero attached hydrogens (tertiary/aromatic N) is 4. The van der Waals surface area contributed by atoms with E-state index < -0.39 is 38.2 Å². The van der Waals surface area contributed by atoms with Gasteiger partial charge in [0.15, 0.2) is 5.76 Å². The molecule has 2 amide bonds. The summed E-state index contributed by atoms with van der Waals surface area (Å²) >= 11 is 0. The summed E-state index contributed by atoms with van der Waals surface area (Å²) in [5.74, 6) is -3.07. The molecule has 5 aromatic rings. The largest absolute Gasteiger partial charge is 0.459 e. The molecule has 0 radical (unpaired) electrons. The van der Waals surface area contributed by atoms with E-state index in [1.807, 2.05) is 7.05 Å². The van der Waals surface area contributed by atoms with E-state index in [1.165, 1.54) is 41.5 Å². The molecule has 0 spiro atoms. The molecule has 14 heteroatoms. The maximum Gasteiger partial charge on any atom is 0.291 e. The van der Waals surface area contributed by atoms with Crippen molar-refractivity contribution < 1.29 is 31.2 Å². The van der Waals surface area contributed by atoms with Crippen molar-refractivity contribution in [3.8, 4) is 0 Å². The summed E-state index contributed by atoms with van der Waals surface area (Å²) in [4.78, 5) is 31.4. The van der Waals surface area contributed by atoms with Crippen molar-refractivity contribution in [3.05, 3.63) is 102 Å². The Balaban J connectivity index is 1.33. The molecule has 226 valence electrons. The molecule has 1 saturated heterocycles. The predicted octanol–water partition coefficient (Wildman–Crippen LogP) is 4.13. The first kappa shape index (κ1) is 29.0. The quantitative estimate of drug-likeness (QED) is 0.278. The summed E-state index contributed by atoms with van der Waals surface area (Å²) in [6.45, 7) is 2.87. The maximum absolute atomic E-state index is 13.9. The summed E-state index contributed by atoms with van der Waals surface area (Å²) in [5.41, 5.74) is 4.16. The van der Waals surface area contributed by atoms with E-state index in [4.69, 9.17) is 4.42 Å². The summed E-state index contributed by atoms with van der Waals surface area (Å²) < 4.78 is 58.9. The number of piperazine rings is 1. The minimum absolute atomic E-state index is 0.0752. The number of amides is 2. The lowest BCUT2D eigenvalue weighted by molar-refractivity contribution is 0.0996. The highest BCUT2D eigenvalue weighted by atomic mass is 32.2. The van der Waals surface area contributed by atoms with Crippen LogP contribution in [0, 0.1) is 11.6 Å². The zero-order valence-electron chi connectivity index (χ0n) is 23.3. The van der Waals surface area contributed by atoms with Crippen LogP contribution in [-0.4, -0.2) is 68.2 Å². The highest BCUT2D eigenvalue weighted by molar-refractivity contribution is 7.91. The van der Waals surface area contributed by atoms with Gasteiger partial charge in [-0.05, 0) is 61.6 Å². The van der Waals surface area contributed by atoms with Gasteiger partial charge in [-0.2, -0.15) is 9.89 Å². The number of carbonyl (C=O) groups is 2. The lowest BCUT2D eigenvalue weighted by Gasteiger charge is -2.35. The monoisotopic (exact) mass is 620 g/mol. The van der Waals surface area contributed by atoms with Crippen LogP contribution in [0.2, 0.25) is 0 Å². The lowest BCUT2D eigenvalue weighted by Crippen LogP contribution is -2.45. The summed E-state index contributed by atoms with van der Waals surface area (Å²) in [7, 11) is -2.24. The molecule has 0 saturated carbocycles. The fourth-order valence-corrected chi connectivity index (χ4v) is 6.36. The van der Waals surface area contributed by atoms with E-state index in [0.29, 0.717) is 35.7 Å². The molecule has 1 aliphatic heterocycles. The SMILES string of the molecule is CN1CCN(c2cccc(NC(=O)c3ccco3)c2C(=O)Nn2ncc3cc(S(=O)(=O)c4cc(F)cc(F)c4)ccc32)CC1. The number of fused-ring (bicyclic) bond motifs is 1. The van der Waals surface area contributed by atoms with Crippen LogP contribution in [0.15, 0.2) is 93.4 Å². The number of benzene rings is 3. The number of carbonyl (C=O) groups excluding carboxylic acids is 2. The fourth-order valence-electron chi connectivity index (χ4n) is 5.02. The second-order valence-corrected chi connectivity index (χ2v) is 12.2. The van der Waals surface area contributed by atoms with Crippen molar-refractivity contribution >= 4 is 43.9 Å². The van der Waals surface area contributed by atoms with Crippen molar-refractivity contribution in [1.29, 1.82) is 0 Å². The minimum atomic E-state index is -4.25. The highest BCUT2D eigenvalue weighted by Crippen LogP contribution is 2.30. The third-order valence-electron chi connectivity index (χ3n) is 7.31. The number of nitrogens with one attached hydrogen (secondary N) is 2. The van der Waals surface area contributed by atoms with Crippen molar-refractivity contribution in [2.75, 3.05) is 48.9 Å². The molecule has 3 heterocycles. The summed E-state index contributed by atoms with van der Waals surface area (Å²) in [6.07, 6.45) is 2.73. The molecule has 2 N–H and O–H groups in total. The standard InChI is InChI=1S/C30H26F2N6O5S/c1-36-9-11-37(12-10-36)26-5-2-4-24(34-29(39)27-6-3-13-43-27)28(26)30(40)35-38-25-8-7-22(14-19(25)18-33-38)44(41,42)23-16-20(31)15-21(32)17-23/h2-8,13-18H,9-12H2,1H3,(H,34,39)(H,35,40). The smallest absolute Gasteiger partial charge is 0.291 e. The fraction of sp³-hybridized carbons (Fsp3) is 0.167. The van der Waals surface area contributed by atoms with E-state index in [1.54, 1.807) is 24.3 Å². The number of hydrogen-bond donors (Lipinski definition) is 2. The Labute approximate surface area is 250 Å². The average molecular weight is 621 g/mol. The van der Waals surface area contributed by atoms with E-state index in [2.05, 4.69) is 25.6 Å². The van der Waals surface area contributed by atoms with Gasteiger partial charge in [0, 0.05) is 37.6 Å². The molecule has 6 rings (SSSR count). The van der Waals surface area contributed by atoms with E-state index in [0.717, 1.165) is 25.2 Å². The van der Waals surface area contributed by atoms with Crippen LogP contribution < -0.4 is 15.6 Å². The normalized spacial score (nSPS) is 14.1. The van der Waals surface area contributed by atoms with Crippen LogP contribution in [0.1, 0.15) is 20.9 Å². The predicted molar refractivity (Wildman–Crippen MR) is 158 cm³/mol. The molecule has 0 atom stereocenters. The summed E-state index contributed by atoms with van der Waals surface area (Å²) in [6, 6.07) is 14.3. The van der Waals surface area contributed by atoms with Gasteiger partial charge in [0.1, 0.15) is 11.6 Å². The first-order valence-electron chi connectivity index (χ1n) is 13.5. The zero-order chi connectivity index (χ0) is 31.0. The second kappa shape index (κ2) is 11.5. The molecule has 1 aliphatic rings. The molecule has 0 unspecified atom stereocenters. The van der Waals surface area contributed by atoms with E-state index in [9.17, 15) is 26.8 Å². The number of hydrogen-bond acceptors (Lipinski definition) is 8. The van der Waals surface area contributed by atoms with E-state index in [-0.39, 0.29) is 21.9 Å². The average Bonchev–Trinajstić information content (AvgIpc) is 3.68. The van der Waals surface area contributed by atoms with Crippen molar-refractivity contribution in [1.82, 2.24) is 14.8 Å². The van der Waals surface area contributed by atoms with Crippen molar-refractivity contribution in [2.24, 2.45) is 0 Å². The number of rotatable bonds is 7. The van der Waals surface area contributed by atoms with Gasteiger partial charge in [-0.1, -0.05) is 6.07 Å². The molecule has 1 fully saturated rings. The third kappa shape index (κ3) is 5.64. The van der Waals surface area contributed by atoms with Crippen LogP contribution in [0.25, 0.3) is 10.9 Å². The van der Waals surface area contributed by atoms with Gasteiger partial charge in [0.25, 0.3) is 11.8 Å². The van der Waals surface area contributed by atoms with E-state index >= 15 is 0 Å². The number of aromatic nitrogens is 2. The first-order valence-corrected chi connectivity index (χ1v) is 15.0. The van der Waals surface area contributed by atoms with Gasteiger partial charge in [-0.3, -0.25) is 9.59 Å². The number of anilines is 2. The molecule has 44 heavy (non-hydrogen) atoms. The van der Waals surface area contributed by atoms with Gasteiger partial charge >= 0.3 is 0 Å². The zero-order valence-corrected chi connectivity index (χ0v) is 24.1. The van der Waals surface area contributed by atoms with Crippen LogP contribution >= 0.6 is 0 Å². The Morgan fingerprint density at radius 2 is 1.64 bits per heavy atom. The molecule has 0 bridgehead atoms. The Bertz CT molecular complexity index is 1970. The summed E-state index contributed by atoms with van der Waals surface area (Å²) in [5, 5.41) is 7.33. The first-order chi connectivity index (χ1) is 21.1. The van der Waals surface area contributed by atoms with Gasteiger partial charge < -0.3 is 19.5 Å². The van der Waals surface area contributed by atoms with Crippen LogP contribution in [-0.2, 0) is 9.84 Å². The number of halogens is 2. The van der Waals surface area contributed by atoms with Crippen molar-refractivity contribution in [2.45, 2.75) is 9.79 Å². The second-order valence-electron chi connectivity index (χ2n) is 10.2. The maximum atomic E-state index is 13.9. The van der Waals surface area contributed by atoms with Crippen LogP contribution in [0.3, 0.4) is 0 Å². The topological polar surface area (TPSA) is 130 Å². The lowest BCUT2D eigenvalue weighted by atomic mass is 10.1. The Morgan fingerprint density at radius 3 is 2.34 bits per heavy atom. The molecular formula is C30H26F2N6O5S. The van der Waals surface area contributed by atoms with Crippen LogP contribution in [0.5, 0.6) is 0 Å². The Kier molecular flexibility index (Phi) is 7.61. The molecule has 2 aromatic heterocycles. The minimum Gasteiger partial charge on any atom is -0.459 e. The van der Waals surface area contributed by atoms with Crippen molar-refractivity contribution in [3.63, 3.8) is 0 Å². The van der Waals surface area contributed by atoms with Gasteiger partial charge in [0.2, 0.25) is 9.84 Å². The molecule has 0 aliphatic carbocycles. The van der Waals surface area contributed by atoms with Crippen LogP contribution in [0.4, 0.5) is 20.2 Å². The molecule has 11 nitrogen and oxygen atoms in total. The Morgan fingerprint density at radius 1 is 0.886 bits per heavy atom. The van der Waals surface area contributed by atoms with Gasteiger partial charge in [-0.15, -0.1) is 0 Å².